The average Bonchev–Trinajstić information content (AvgIpc) is 1.02. The smallest absolute Gasteiger partial charge is 0.462 e. The number of carbonyl (C=O) groups is 4. The molecule has 0 aromatic heterocycles. The summed E-state index contributed by atoms with van der Waals surface area (Å²) < 4.78 is 68.7. The molecule has 101 heavy (non-hydrogen) atoms. The Kier molecular flexibility index (Phi) is 73.5. The van der Waals surface area contributed by atoms with Crippen LogP contribution in [0.2, 0.25) is 0 Å². The van der Waals surface area contributed by atoms with E-state index in [1.54, 1.807) is 0 Å². The predicted molar refractivity (Wildman–Crippen MR) is 414 cm³/mol. The monoisotopic (exact) mass is 1480 g/mol. The van der Waals surface area contributed by atoms with E-state index in [4.69, 9.17) is 37.0 Å². The second-order valence-corrected chi connectivity index (χ2v) is 32.9. The number of carbonyl (C=O) groups excluding carboxylic acids is 4. The Bertz CT molecular complexity index is 1930. The van der Waals surface area contributed by atoms with Crippen LogP contribution in [-0.4, -0.2) is 96.7 Å². The Balaban J connectivity index is 5.20. The summed E-state index contributed by atoms with van der Waals surface area (Å²) in [5, 5.41) is 10.6. The third kappa shape index (κ3) is 76.1. The molecule has 0 spiro atoms. The summed E-state index contributed by atoms with van der Waals surface area (Å²) in [5.41, 5.74) is 0. The van der Waals surface area contributed by atoms with Gasteiger partial charge in [0.05, 0.1) is 26.4 Å². The van der Waals surface area contributed by atoms with E-state index < -0.39 is 97.5 Å². The molecule has 19 heteroatoms. The van der Waals surface area contributed by atoms with Crippen LogP contribution in [0.5, 0.6) is 0 Å². The summed E-state index contributed by atoms with van der Waals surface area (Å²) in [6.45, 7) is 7.28. The van der Waals surface area contributed by atoms with Crippen LogP contribution < -0.4 is 0 Å². The molecule has 0 aromatic rings. The standard InChI is InChI=1S/C82H160O17P2/c1-6-9-12-15-18-21-24-26-28-30-31-32-33-34-36-38-40-43-46-52-57-62-67-81(86)98-77(71-93-80(85)66-61-56-51-45-42-39-37-35-29-27-25-22-19-16-13-10-7-2)73-96-100(88,89)94-69-76(83)70-95-101(90,91)97-74-78(99-82(87)68-63-58-53-48-47-49-54-59-64-75(4)5)72-92-79(84)65-60-55-50-44-41-23-20-17-14-11-8-3/h75-78,83H,6-74H2,1-5H3,(H,88,89)(H,90,91)/t76-,77-,78-/m1/s1. The number of hydrogen-bond acceptors (Lipinski definition) is 15. The van der Waals surface area contributed by atoms with Gasteiger partial charge in [-0.3, -0.25) is 37.3 Å². The first-order valence-electron chi connectivity index (χ1n) is 42.6. The van der Waals surface area contributed by atoms with Crippen molar-refractivity contribution in [3.05, 3.63) is 0 Å². The number of unbranched alkanes of at least 4 members (excludes halogenated alkanes) is 54. The Morgan fingerprint density at radius 3 is 0.673 bits per heavy atom. The van der Waals surface area contributed by atoms with Crippen LogP contribution in [-0.2, 0) is 65.4 Å². The van der Waals surface area contributed by atoms with E-state index in [1.165, 1.54) is 263 Å². The van der Waals surface area contributed by atoms with E-state index in [0.29, 0.717) is 25.7 Å². The minimum atomic E-state index is -4.96. The third-order valence-electron chi connectivity index (χ3n) is 19.3. The second kappa shape index (κ2) is 74.9. The maximum Gasteiger partial charge on any atom is 0.472 e. The topological polar surface area (TPSA) is 237 Å². The zero-order valence-electron chi connectivity index (χ0n) is 66.1. The normalized spacial score (nSPS) is 13.8. The maximum atomic E-state index is 13.1. The van der Waals surface area contributed by atoms with E-state index in [9.17, 15) is 43.2 Å². The van der Waals surface area contributed by atoms with Gasteiger partial charge in [-0.15, -0.1) is 0 Å². The van der Waals surface area contributed by atoms with Gasteiger partial charge in [0, 0.05) is 25.7 Å². The molecule has 0 aliphatic heterocycles. The average molecular weight is 1480 g/mol. The van der Waals surface area contributed by atoms with E-state index in [0.717, 1.165) is 95.8 Å². The van der Waals surface area contributed by atoms with Crippen molar-refractivity contribution in [1.29, 1.82) is 0 Å². The summed E-state index contributed by atoms with van der Waals surface area (Å²) in [7, 11) is -9.92. The highest BCUT2D eigenvalue weighted by Crippen LogP contribution is 2.45. The predicted octanol–water partition coefficient (Wildman–Crippen LogP) is 24.8. The van der Waals surface area contributed by atoms with Gasteiger partial charge in [-0.25, -0.2) is 9.13 Å². The Morgan fingerprint density at radius 1 is 0.267 bits per heavy atom. The number of phosphoric ester groups is 2. The SMILES string of the molecule is CCCCCCCCCCCCCCCCCCCCCCCCC(=O)O[C@H](COC(=O)CCCCCCCCCCCCCCCCCCC)COP(=O)(O)OC[C@@H](O)COP(=O)(O)OC[C@@H](COC(=O)CCCCCCCCCCCCC)OC(=O)CCCCCCCCCCC(C)C. The summed E-state index contributed by atoms with van der Waals surface area (Å²) >= 11 is 0. The molecule has 17 nitrogen and oxygen atoms in total. The first kappa shape index (κ1) is 99.1. The Hall–Kier alpha value is -1.94. The van der Waals surface area contributed by atoms with Gasteiger partial charge in [-0.2, -0.15) is 0 Å². The van der Waals surface area contributed by atoms with Crippen molar-refractivity contribution in [2.75, 3.05) is 39.6 Å². The summed E-state index contributed by atoms with van der Waals surface area (Å²) in [5.74, 6) is -1.39. The summed E-state index contributed by atoms with van der Waals surface area (Å²) in [6.07, 6.45) is 66.8. The lowest BCUT2D eigenvalue weighted by molar-refractivity contribution is -0.161. The lowest BCUT2D eigenvalue weighted by Gasteiger charge is -2.21. The molecule has 0 aliphatic carbocycles. The zero-order valence-corrected chi connectivity index (χ0v) is 67.8. The van der Waals surface area contributed by atoms with Gasteiger partial charge in [0.2, 0.25) is 0 Å². The minimum Gasteiger partial charge on any atom is -0.462 e. The number of aliphatic hydroxyl groups is 1. The number of phosphoric acid groups is 2. The van der Waals surface area contributed by atoms with Crippen molar-refractivity contribution in [2.45, 2.75) is 457 Å². The van der Waals surface area contributed by atoms with Crippen molar-refractivity contribution < 1.29 is 80.2 Å². The van der Waals surface area contributed by atoms with Crippen LogP contribution in [0.1, 0.15) is 439 Å². The molecule has 2 unspecified atom stereocenters. The molecule has 0 fully saturated rings. The van der Waals surface area contributed by atoms with Crippen LogP contribution in [0.4, 0.5) is 0 Å². The molecule has 0 saturated carbocycles. The van der Waals surface area contributed by atoms with Gasteiger partial charge in [0.25, 0.3) is 0 Å². The second-order valence-electron chi connectivity index (χ2n) is 30.0. The fraction of sp³-hybridized carbons (Fsp3) is 0.951. The summed E-state index contributed by atoms with van der Waals surface area (Å²) in [6, 6.07) is 0. The number of aliphatic hydroxyl groups excluding tert-OH is 1. The fourth-order valence-corrected chi connectivity index (χ4v) is 14.3. The molecule has 0 aliphatic rings. The van der Waals surface area contributed by atoms with E-state index in [1.807, 2.05) is 0 Å². The number of esters is 4. The van der Waals surface area contributed by atoms with Crippen LogP contribution in [0, 0.1) is 5.92 Å². The van der Waals surface area contributed by atoms with E-state index >= 15 is 0 Å². The molecule has 600 valence electrons. The zero-order chi connectivity index (χ0) is 74.1. The number of ether oxygens (including phenoxy) is 4. The molecule has 0 amide bonds. The highest BCUT2D eigenvalue weighted by atomic mass is 31.2. The molecule has 0 saturated heterocycles. The molecule has 0 rings (SSSR count). The van der Waals surface area contributed by atoms with E-state index in [-0.39, 0.29) is 25.7 Å². The van der Waals surface area contributed by atoms with Crippen molar-refractivity contribution >= 4 is 39.5 Å². The molecule has 0 radical (unpaired) electrons. The van der Waals surface area contributed by atoms with Gasteiger partial charge >= 0.3 is 39.5 Å². The fourth-order valence-electron chi connectivity index (χ4n) is 12.8. The molecule has 3 N–H and O–H groups in total. The van der Waals surface area contributed by atoms with Gasteiger partial charge < -0.3 is 33.8 Å². The Labute approximate surface area is 619 Å². The maximum absolute atomic E-state index is 13.1. The highest BCUT2D eigenvalue weighted by molar-refractivity contribution is 7.47. The van der Waals surface area contributed by atoms with Crippen molar-refractivity contribution in [3.8, 4) is 0 Å². The molecular weight excluding hydrogens is 1320 g/mol. The first-order chi connectivity index (χ1) is 49.0. The number of rotatable bonds is 82. The largest absolute Gasteiger partial charge is 0.472 e. The highest BCUT2D eigenvalue weighted by Gasteiger charge is 2.30. The van der Waals surface area contributed by atoms with E-state index in [2.05, 4.69) is 34.6 Å². The molecule has 5 atom stereocenters. The first-order valence-corrected chi connectivity index (χ1v) is 45.6. The van der Waals surface area contributed by atoms with Crippen LogP contribution in [0.15, 0.2) is 0 Å². The lowest BCUT2D eigenvalue weighted by Crippen LogP contribution is -2.30. The van der Waals surface area contributed by atoms with Gasteiger partial charge in [-0.1, -0.05) is 388 Å². The van der Waals surface area contributed by atoms with Crippen LogP contribution >= 0.6 is 15.6 Å². The minimum absolute atomic E-state index is 0.105. The number of hydrogen-bond donors (Lipinski definition) is 3. The van der Waals surface area contributed by atoms with Crippen molar-refractivity contribution in [1.82, 2.24) is 0 Å². The van der Waals surface area contributed by atoms with Crippen molar-refractivity contribution in [3.63, 3.8) is 0 Å². The van der Waals surface area contributed by atoms with Crippen molar-refractivity contribution in [2.24, 2.45) is 5.92 Å². The lowest BCUT2D eigenvalue weighted by atomic mass is 10.0. The quantitative estimate of drug-likeness (QED) is 0.0222. The van der Waals surface area contributed by atoms with Crippen LogP contribution in [0.25, 0.3) is 0 Å². The molecule has 0 heterocycles. The molecule has 0 aromatic carbocycles. The Morgan fingerprint density at radius 2 is 0.455 bits per heavy atom. The third-order valence-corrected chi connectivity index (χ3v) is 21.2. The molecule has 0 bridgehead atoms. The molecular formula is C82H160O17P2. The summed E-state index contributed by atoms with van der Waals surface area (Å²) in [4.78, 5) is 73.0. The van der Waals surface area contributed by atoms with Gasteiger partial charge in [-0.05, 0) is 31.6 Å². The van der Waals surface area contributed by atoms with Gasteiger partial charge in [0.1, 0.15) is 19.3 Å². The van der Waals surface area contributed by atoms with Gasteiger partial charge in [0.15, 0.2) is 12.2 Å². The van der Waals surface area contributed by atoms with Crippen LogP contribution in [0.3, 0.4) is 0 Å².